The van der Waals surface area contributed by atoms with Crippen molar-refractivity contribution in [3.8, 4) is 0 Å². The molecule has 0 aromatic carbocycles. The molecule has 10 heteroatoms. The predicted molar refractivity (Wildman–Crippen MR) is 78.3 cm³/mol. The van der Waals surface area contributed by atoms with Crippen molar-refractivity contribution < 1.29 is 0 Å². The highest BCUT2D eigenvalue weighted by Crippen LogP contribution is 2.20. The fourth-order valence-electron chi connectivity index (χ4n) is 1.21. The zero-order chi connectivity index (χ0) is 11.3. The molecule has 7 nitrogen and oxygen atoms in total. The van der Waals surface area contributed by atoms with E-state index in [9.17, 15) is 0 Å². The van der Waals surface area contributed by atoms with Gasteiger partial charge < -0.3 is 0 Å². The van der Waals surface area contributed by atoms with Crippen LogP contribution in [-0.4, -0.2) is 36.1 Å². The van der Waals surface area contributed by atoms with Crippen LogP contribution in [0.1, 0.15) is 0 Å². The normalized spacial score (nSPS) is 22.3. The molecule has 0 spiro atoms. The van der Waals surface area contributed by atoms with Crippen LogP contribution in [0.25, 0.3) is 0 Å². The van der Waals surface area contributed by atoms with Gasteiger partial charge in [0.2, 0.25) is 27.4 Å². The van der Waals surface area contributed by atoms with E-state index >= 15 is 0 Å². The van der Waals surface area contributed by atoms with Crippen molar-refractivity contribution in [2.45, 2.75) is 0 Å². The standard InChI is InChI=1S/C6Br2IN7/c7-1-10-4-11-2(8)13-6-15-3(9)14-5(12-1)16(4)6. The molecule has 16 heavy (non-hydrogen) atoms. The lowest BCUT2D eigenvalue weighted by Gasteiger charge is -2.27. The highest BCUT2D eigenvalue weighted by atomic mass is 127. The van der Waals surface area contributed by atoms with Gasteiger partial charge in [-0.2, -0.15) is 30.0 Å². The van der Waals surface area contributed by atoms with Crippen molar-refractivity contribution in [1.82, 2.24) is 4.90 Å². The van der Waals surface area contributed by atoms with E-state index < -0.39 is 0 Å². The van der Waals surface area contributed by atoms with Crippen molar-refractivity contribution in [2.24, 2.45) is 30.0 Å². The Labute approximate surface area is 120 Å². The maximum absolute atomic E-state index is 4.18. The Balaban J connectivity index is 2.24. The minimum Gasteiger partial charge on any atom is -0.213 e. The molecule has 0 fully saturated rings. The molecule has 3 heterocycles. The van der Waals surface area contributed by atoms with Gasteiger partial charge in [0, 0.05) is 22.6 Å². The number of rotatable bonds is 0. The summed E-state index contributed by atoms with van der Waals surface area (Å²) in [6.45, 7) is 0. The van der Waals surface area contributed by atoms with Gasteiger partial charge in [-0.3, -0.25) is 0 Å². The van der Waals surface area contributed by atoms with E-state index in [0.29, 0.717) is 31.2 Å². The molecule has 0 N–H and O–H groups in total. The summed E-state index contributed by atoms with van der Waals surface area (Å²) in [6, 6.07) is 0. The Hall–Kier alpha value is -0.490. The topological polar surface area (TPSA) is 77.4 Å². The number of amidine groups is 3. The smallest absolute Gasteiger partial charge is 0.213 e. The molecule has 3 aliphatic heterocycles. The second-order valence-electron chi connectivity index (χ2n) is 2.71. The van der Waals surface area contributed by atoms with Gasteiger partial charge in [0.1, 0.15) is 0 Å². The van der Waals surface area contributed by atoms with Crippen LogP contribution in [0.2, 0.25) is 0 Å². The summed E-state index contributed by atoms with van der Waals surface area (Å²) in [6.07, 6.45) is 0. The first-order valence-corrected chi connectivity index (χ1v) is 6.59. The maximum atomic E-state index is 4.18. The summed E-state index contributed by atoms with van der Waals surface area (Å²) in [5.74, 6) is 1.35. The Bertz CT molecular complexity index is 489. The molecular formula is C6Br2IN7. The molecule has 0 saturated heterocycles. The third-order valence-electron chi connectivity index (χ3n) is 1.75. The van der Waals surface area contributed by atoms with Crippen LogP contribution in [0.15, 0.2) is 30.0 Å². The average molecular weight is 457 g/mol. The lowest BCUT2D eigenvalue weighted by Crippen LogP contribution is -2.46. The Kier molecular flexibility index (Phi) is 2.51. The van der Waals surface area contributed by atoms with Crippen LogP contribution >= 0.6 is 54.5 Å². The van der Waals surface area contributed by atoms with Gasteiger partial charge in [0.15, 0.2) is 3.84 Å². The molecule has 80 valence electrons. The Morgan fingerprint density at radius 3 is 1.88 bits per heavy atom. The number of halogens is 3. The monoisotopic (exact) mass is 455 g/mol. The van der Waals surface area contributed by atoms with Crippen LogP contribution in [-0.2, 0) is 0 Å². The van der Waals surface area contributed by atoms with E-state index in [4.69, 9.17) is 0 Å². The van der Waals surface area contributed by atoms with E-state index in [0.717, 1.165) is 0 Å². The van der Waals surface area contributed by atoms with Gasteiger partial charge in [0.05, 0.1) is 0 Å². The highest BCUT2D eigenvalue weighted by Gasteiger charge is 2.33. The molecule has 0 amide bonds. The molecule has 0 unspecified atom stereocenters. The van der Waals surface area contributed by atoms with Gasteiger partial charge in [-0.15, -0.1) is 0 Å². The average Bonchev–Trinajstić information content (AvgIpc) is 2.14. The van der Waals surface area contributed by atoms with Crippen LogP contribution < -0.4 is 0 Å². The van der Waals surface area contributed by atoms with Crippen molar-refractivity contribution in [3.05, 3.63) is 0 Å². The first-order chi connectivity index (χ1) is 7.63. The molecule has 3 rings (SSSR count). The summed E-state index contributed by atoms with van der Waals surface area (Å²) in [5, 5.41) is 0. The molecule has 0 aromatic heterocycles. The largest absolute Gasteiger partial charge is 0.244 e. The van der Waals surface area contributed by atoms with Crippen LogP contribution in [0.5, 0.6) is 0 Å². The van der Waals surface area contributed by atoms with Gasteiger partial charge in [-0.05, 0) is 31.9 Å². The Morgan fingerprint density at radius 2 is 1.25 bits per heavy atom. The second kappa shape index (κ2) is 3.77. The summed E-state index contributed by atoms with van der Waals surface area (Å²) in [4.78, 5) is 26.4. The van der Waals surface area contributed by atoms with E-state index in [1.165, 1.54) is 0 Å². The van der Waals surface area contributed by atoms with Crippen molar-refractivity contribution in [3.63, 3.8) is 0 Å². The van der Waals surface area contributed by atoms with E-state index in [-0.39, 0.29) is 0 Å². The molecule has 3 aliphatic rings. The molecule has 0 radical (unpaired) electrons. The van der Waals surface area contributed by atoms with Gasteiger partial charge in [-0.25, -0.2) is 4.90 Å². The lowest BCUT2D eigenvalue weighted by molar-refractivity contribution is 0.835. The molecule has 0 aliphatic carbocycles. The van der Waals surface area contributed by atoms with Crippen LogP contribution in [0.3, 0.4) is 0 Å². The lowest BCUT2D eigenvalue weighted by atomic mass is 10.5. The fourth-order valence-corrected chi connectivity index (χ4v) is 2.28. The first-order valence-electron chi connectivity index (χ1n) is 3.92. The Morgan fingerprint density at radius 1 is 0.750 bits per heavy atom. The van der Waals surface area contributed by atoms with Gasteiger partial charge in [0.25, 0.3) is 0 Å². The van der Waals surface area contributed by atoms with Crippen LogP contribution in [0, 0.1) is 0 Å². The third kappa shape index (κ3) is 1.68. The number of hydrogen-bond acceptors (Lipinski definition) is 7. The zero-order valence-corrected chi connectivity index (χ0v) is 12.6. The van der Waals surface area contributed by atoms with Crippen molar-refractivity contribution >= 4 is 85.7 Å². The number of aliphatic imine (C=N–C) groups is 6. The minimum atomic E-state index is 0.425. The maximum Gasteiger partial charge on any atom is 0.244 e. The first kappa shape index (κ1) is 10.7. The van der Waals surface area contributed by atoms with Gasteiger partial charge in [-0.1, -0.05) is 0 Å². The summed E-state index contributed by atoms with van der Waals surface area (Å²) in [5.41, 5.74) is 0. The quantitative estimate of drug-likeness (QED) is 0.403. The minimum absolute atomic E-state index is 0.425. The molecule has 0 saturated carbocycles. The summed E-state index contributed by atoms with van der Waals surface area (Å²) < 4.78 is 1.41. The van der Waals surface area contributed by atoms with E-state index in [1.807, 2.05) is 22.6 Å². The second-order valence-corrected chi connectivity index (χ2v) is 5.10. The zero-order valence-electron chi connectivity index (χ0n) is 7.26. The number of hydrogen-bond donors (Lipinski definition) is 0. The number of guanidine groups is 3. The van der Waals surface area contributed by atoms with Crippen molar-refractivity contribution in [2.75, 3.05) is 0 Å². The fraction of sp³-hybridized carbons (Fsp3) is 0. The predicted octanol–water partition coefficient (Wildman–Crippen LogP) is 1.69. The van der Waals surface area contributed by atoms with E-state index in [1.54, 1.807) is 4.90 Å². The molecule has 0 bridgehead atoms. The highest BCUT2D eigenvalue weighted by molar-refractivity contribution is 14.1. The molecule has 0 atom stereocenters. The third-order valence-corrected chi connectivity index (χ3v) is 2.95. The SMILES string of the molecule is BrC1=NC2=NC(Br)=NC3=NC(I)=NC(=N1)N23. The molecular weight excluding hydrogens is 457 g/mol. The summed E-state index contributed by atoms with van der Waals surface area (Å²) >= 11 is 8.41. The summed E-state index contributed by atoms with van der Waals surface area (Å²) in [7, 11) is 0. The van der Waals surface area contributed by atoms with Crippen LogP contribution in [0.4, 0.5) is 0 Å². The number of nitrogens with zero attached hydrogens (tertiary/aromatic N) is 7. The van der Waals surface area contributed by atoms with Gasteiger partial charge >= 0.3 is 0 Å². The van der Waals surface area contributed by atoms with Crippen molar-refractivity contribution in [1.29, 1.82) is 0 Å². The van der Waals surface area contributed by atoms with E-state index in [2.05, 4.69) is 61.8 Å². The molecule has 0 aromatic rings.